The van der Waals surface area contributed by atoms with Gasteiger partial charge in [0.25, 0.3) is 0 Å². The second-order valence-corrected chi connectivity index (χ2v) is 6.80. The topological polar surface area (TPSA) is 73.9 Å². The molecule has 6 heteroatoms. The summed E-state index contributed by atoms with van der Waals surface area (Å²) in [5.41, 5.74) is 4.02. The number of carbonyl (C=O) groups excluding carboxylic acids is 1. The Morgan fingerprint density at radius 2 is 2.12 bits per heavy atom. The summed E-state index contributed by atoms with van der Waals surface area (Å²) in [6.07, 6.45) is 5.78. The van der Waals surface area contributed by atoms with E-state index in [-0.39, 0.29) is 11.9 Å². The average Bonchev–Trinajstić information content (AvgIpc) is 3.31. The average molecular weight is 349 g/mol. The standard InChI is InChI=1S/C20H23N5O/c1-14-6-4-8-16-18(14)24-17(23-16)13-22-20(26)19(25-10-2-3-11-25)15-7-5-9-21-12-15/h4-9,12,19H,2-3,10-11,13H2,1H3,(H,22,26)(H,23,24). The number of carbonyl (C=O) groups is 1. The predicted octanol–water partition coefficient (Wildman–Crippen LogP) is 2.72. The number of aryl methyl sites for hydroxylation is 1. The van der Waals surface area contributed by atoms with Crippen molar-refractivity contribution in [3.63, 3.8) is 0 Å². The molecule has 0 radical (unpaired) electrons. The van der Waals surface area contributed by atoms with Crippen molar-refractivity contribution in [2.75, 3.05) is 13.1 Å². The minimum atomic E-state index is -0.294. The van der Waals surface area contributed by atoms with Crippen LogP contribution in [0.4, 0.5) is 0 Å². The van der Waals surface area contributed by atoms with Crippen LogP contribution in [-0.2, 0) is 11.3 Å². The van der Waals surface area contributed by atoms with E-state index in [0.29, 0.717) is 6.54 Å². The van der Waals surface area contributed by atoms with Crippen LogP contribution in [0.25, 0.3) is 11.0 Å². The van der Waals surface area contributed by atoms with Gasteiger partial charge in [-0.15, -0.1) is 0 Å². The molecule has 1 unspecified atom stereocenters. The van der Waals surface area contributed by atoms with Gasteiger partial charge in [0.05, 0.1) is 17.6 Å². The van der Waals surface area contributed by atoms with Gasteiger partial charge in [-0.1, -0.05) is 18.2 Å². The quantitative estimate of drug-likeness (QED) is 0.743. The molecule has 1 aliphatic rings. The smallest absolute Gasteiger partial charge is 0.242 e. The van der Waals surface area contributed by atoms with Crippen molar-refractivity contribution in [1.82, 2.24) is 25.2 Å². The number of H-pyrrole nitrogens is 1. The fourth-order valence-electron chi connectivity index (χ4n) is 3.64. The first-order valence-electron chi connectivity index (χ1n) is 9.08. The van der Waals surface area contributed by atoms with E-state index in [1.807, 2.05) is 37.3 Å². The van der Waals surface area contributed by atoms with Crippen molar-refractivity contribution in [2.24, 2.45) is 0 Å². The SMILES string of the molecule is Cc1cccc2[nH]c(CNC(=O)C(c3cccnc3)N3CCCC3)nc12. The lowest BCUT2D eigenvalue weighted by Crippen LogP contribution is -2.39. The third kappa shape index (κ3) is 3.32. The van der Waals surface area contributed by atoms with Crippen molar-refractivity contribution >= 4 is 16.9 Å². The second-order valence-electron chi connectivity index (χ2n) is 6.80. The molecule has 2 N–H and O–H groups in total. The first-order valence-corrected chi connectivity index (χ1v) is 9.08. The van der Waals surface area contributed by atoms with Gasteiger partial charge in [-0.3, -0.25) is 14.7 Å². The van der Waals surface area contributed by atoms with Crippen LogP contribution < -0.4 is 5.32 Å². The molecule has 1 saturated heterocycles. The van der Waals surface area contributed by atoms with E-state index in [2.05, 4.69) is 25.2 Å². The number of pyridine rings is 1. The lowest BCUT2D eigenvalue weighted by atomic mass is 10.1. The second kappa shape index (κ2) is 7.25. The van der Waals surface area contributed by atoms with Crippen molar-refractivity contribution in [3.8, 4) is 0 Å². The van der Waals surface area contributed by atoms with Crippen molar-refractivity contribution in [2.45, 2.75) is 32.4 Å². The largest absolute Gasteiger partial charge is 0.347 e. The summed E-state index contributed by atoms with van der Waals surface area (Å²) < 4.78 is 0. The number of benzene rings is 1. The molecule has 26 heavy (non-hydrogen) atoms. The molecule has 1 atom stereocenters. The monoisotopic (exact) mass is 349 g/mol. The molecule has 134 valence electrons. The molecule has 0 spiro atoms. The van der Waals surface area contributed by atoms with Crippen LogP contribution in [0.1, 0.15) is 35.8 Å². The summed E-state index contributed by atoms with van der Waals surface area (Å²) >= 11 is 0. The fraction of sp³-hybridized carbons (Fsp3) is 0.350. The highest BCUT2D eigenvalue weighted by Gasteiger charge is 2.29. The summed E-state index contributed by atoms with van der Waals surface area (Å²) in [6.45, 7) is 4.31. The Labute approximate surface area is 152 Å². The normalized spacial score (nSPS) is 16.0. The van der Waals surface area contributed by atoms with Gasteiger partial charge < -0.3 is 10.3 Å². The minimum Gasteiger partial charge on any atom is -0.347 e. The molecule has 1 amide bonds. The van der Waals surface area contributed by atoms with Crippen LogP contribution in [0.3, 0.4) is 0 Å². The Morgan fingerprint density at radius 1 is 1.27 bits per heavy atom. The molecule has 3 aromatic rings. The Morgan fingerprint density at radius 3 is 2.85 bits per heavy atom. The Hall–Kier alpha value is -2.73. The Balaban J connectivity index is 1.51. The van der Waals surface area contributed by atoms with Gasteiger partial charge in [-0.25, -0.2) is 4.98 Å². The van der Waals surface area contributed by atoms with Crippen molar-refractivity contribution < 1.29 is 4.79 Å². The van der Waals surface area contributed by atoms with E-state index >= 15 is 0 Å². The van der Waals surface area contributed by atoms with E-state index in [4.69, 9.17) is 0 Å². The number of amides is 1. The molecule has 1 aliphatic heterocycles. The molecule has 0 bridgehead atoms. The zero-order chi connectivity index (χ0) is 17.9. The van der Waals surface area contributed by atoms with Gasteiger partial charge in [0.1, 0.15) is 11.9 Å². The lowest BCUT2D eigenvalue weighted by molar-refractivity contribution is -0.126. The molecular weight excluding hydrogens is 326 g/mol. The fourth-order valence-corrected chi connectivity index (χ4v) is 3.64. The van der Waals surface area contributed by atoms with Crippen molar-refractivity contribution in [1.29, 1.82) is 0 Å². The third-order valence-electron chi connectivity index (χ3n) is 4.95. The molecule has 0 aliphatic carbocycles. The maximum atomic E-state index is 13.0. The van der Waals surface area contributed by atoms with E-state index in [1.165, 1.54) is 0 Å². The van der Waals surface area contributed by atoms with E-state index in [1.54, 1.807) is 12.4 Å². The zero-order valence-electron chi connectivity index (χ0n) is 14.9. The zero-order valence-corrected chi connectivity index (χ0v) is 14.9. The van der Waals surface area contributed by atoms with Gasteiger partial charge in [0, 0.05) is 12.4 Å². The molecular formula is C20H23N5O. The number of nitrogens with one attached hydrogen (secondary N) is 2. The first kappa shape index (κ1) is 16.7. The van der Waals surface area contributed by atoms with Gasteiger partial charge in [-0.2, -0.15) is 0 Å². The molecule has 1 fully saturated rings. The highest BCUT2D eigenvalue weighted by Crippen LogP contribution is 2.25. The molecule has 1 aromatic carbocycles. The molecule has 3 heterocycles. The number of hydrogen-bond acceptors (Lipinski definition) is 4. The lowest BCUT2D eigenvalue weighted by Gasteiger charge is -2.26. The number of imidazole rings is 1. The maximum absolute atomic E-state index is 13.0. The molecule has 2 aromatic heterocycles. The van der Waals surface area contributed by atoms with Crippen LogP contribution in [0, 0.1) is 6.92 Å². The van der Waals surface area contributed by atoms with Gasteiger partial charge in [0.2, 0.25) is 5.91 Å². The number of nitrogens with zero attached hydrogens (tertiary/aromatic N) is 3. The summed E-state index contributed by atoms with van der Waals surface area (Å²) in [5.74, 6) is 0.770. The third-order valence-corrected chi connectivity index (χ3v) is 4.95. The van der Waals surface area contributed by atoms with Crippen LogP contribution in [0.15, 0.2) is 42.7 Å². The van der Waals surface area contributed by atoms with Gasteiger partial charge in [0.15, 0.2) is 0 Å². The van der Waals surface area contributed by atoms with E-state index < -0.39 is 0 Å². The van der Waals surface area contributed by atoms with Crippen LogP contribution in [-0.4, -0.2) is 38.8 Å². The number of likely N-dealkylation sites (tertiary alicyclic amines) is 1. The number of para-hydroxylation sites is 1. The van der Waals surface area contributed by atoms with Gasteiger partial charge >= 0.3 is 0 Å². The number of aromatic amines is 1. The summed E-state index contributed by atoms with van der Waals surface area (Å²) in [5, 5.41) is 3.05. The summed E-state index contributed by atoms with van der Waals surface area (Å²) in [4.78, 5) is 27.3. The summed E-state index contributed by atoms with van der Waals surface area (Å²) in [7, 11) is 0. The van der Waals surface area contributed by atoms with E-state index in [0.717, 1.165) is 53.9 Å². The first-order chi connectivity index (χ1) is 12.7. The predicted molar refractivity (Wildman–Crippen MR) is 100 cm³/mol. The molecule has 6 nitrogen and oxygen atoms in total. The minimum absolute atomic E-state index is 0.00271. The molecule has 0 saturated carbocycles. The van der Waals surface area contributed by atoms with Crippen molar-refractivity contribution in [3.05, 3.63) is 59.7 Å². The number of fused-ring (bicyclic) bond motifs is 1. The van der Waals surface area contributed by atoms with Crippen LogP contribution >= 0.6 is 0 Å². The molecule has 4 rings (SSSR count). The van der Waals surface area contributed by atoms with Crippen LogP contribution in [0.2, 0.25) is 0 Å². The Kier molecular flexibility index (Phi) is 4.67. The summed E-state index contributed by atoms with van der Waals surface area (Å²) in [6, 6.07) is 9.61. The van der Waals surface area contributed by atoms with Crippen LogP contribution in [0.5, 0.6) is 0 Å². The Bertz CT molecular complexity index is 899. The number of rotatable bonds is 5. The van der Waals surface area contributed by atoms with E-state index in [9.17, 15) is 4.79 Å². The number of hydrogen-bond donors (Lipinski definition) is 2. The van der Waals surface area contributed by atoms with Gasteiger partial charge in [-0.05, 0) is 56.1 Å². The maximum Gasteiger partial charge on any atom is 0.242 e. The number of aromatic nitrogens is 3. The highest BCUT2D eigenvalue weighted by molar-refractivity contribution is 5.83. The highest BCUT2D eigenvalue weighted by atomic mass is 16.2.